The molecule has 2 heterocycles. The van der Waals surface area contributed by atoms with Gasteiger partial charge in [0.25, 0.3) is 0 Å². The smallest absolute Gasteiger partial charge is 0.0471 e. The lowest BCUT2D eigenvalue weighted by Crippen LogP contribution is -2.36. The van der Waals surface area contributed by atoms with Crippen LogP contribution < -0.4 is 0 Å². The predicted molar refractivity (Wildman–Crippen MR) is 64.1 cm³/mol. The fraction of sp³-hybridized carbons (Fsp3) is 0.667. The molecular formula is C12H19NOS. The maximum Gasteiger partial charge on any atom is 0.0471 e. The highest BCUT2D eigenvalue weighted by Crippen LogP contribution is 2.22. The maximum absolute atomic E-state index is 9.17. The maximum atomic E-state index is 9.17. The Bertz CT molecular complexity index is 310. The van der Waals surface area contributed by atoms with E-state index in [-0.39, 0.29) is 0 Å². The minimum atomic E-state index is 0.347. The van der Waals surface area contributed by atoms with E-state index in [4.69, 9.17) is 5.11 Å². The molecule has 0 unspecified atom stereocenters. The Balaban J connectivity index is 1.92. The number of hydrogen-bond acceptors (Lipinski definition) is 3. The molecule has 1 N–H and O–H groups in total. The first-order valence-electron chi connectivity index (χ1n) is 5.66. The van der Waals surface area contributed by atoms with Crippen LogP contribution in [0.5, 0.6) is 0 Å². The van der Waals surface area contributed by atoms with Crippen molar-refractivity contribution in [2.75, 3.05) is 19.7 Å². The molecule has 1 atom stereocenters. The summed E-state index contributed by atoms with van der Waals surface area (Å²) in [7, 11) is 0. The number of aliphatic hydroxyl groups is 1. The molecule has 0 radical (unpaired) electrons. The molecular weight excluding hydrogens is 206 g/mol. The largest absolute Gasteiger partial charge is 0.396 e. The van der Waals surface area contributed by atoms with Crippen LogP contribution in [0.25, 0.3) is 0 Å². The summed E-state index contributed by atoms with van der Waals surface area (Å²) >= 11 is 1.85. The second-order valence-electron chi connectivity index (χ2n) is 4.45. The summed E-state index contributed by atoms with van der Waals surface area (Å²) in [5.41, 5.74) is 1.41. The zero-order chi connectivity index (χ0) is 10.7. The zero-order valence-corrected chi connectivity index (χ0v) is 10.1. The van der Waals surface area contributed by atoms with Crippen LogP contribution in [0.3, 0.4) is 0 Å². The lowest BCUT2D eigenvalue weighted by atomic mass is 9.99. The van der Waals surface area contributed by atoms with E-state index in [1.807, 2.05) is 11.3 Å². The van der Waals surface area contributed by atoms with Crippen LogP contribution in [-0.2, 0) is 6.54 Å². The predicted octanol–water partition coefficient (Wildman–Crippen LogP) is 2.26. The lowest BCUT2D eigenvalue weighted by molar-refractivity contribution is 0.116. The molecule has 1 aromatic heterocycles. The Labute approximate surface area is 95.5 Å². The minimum absolute atomic E-state index is 0.347. The number of hydrogen-bond donors (Lipinski definition) is 1. The van der Waals surface area contributed by atoms with E-state index in [1.165, 1.54) is 29.8 Å². The molecule has 1 fully saturated rings. The third-order valence-corrected chi connectivity index (χ3v) is 4.20. The first-order valence-corrected chi connectivity index (χ1v) is 6.53. The number of aliphatic hydroxyl groups excluding tert-OH is 1. The molecule has 0 amide bonds. The Morgan fingerprint density at radius 3 is 3.13 bits per heavy atom. The molecule has 1 aliphatic heterocycles. The topological polar surface area (TPSA) is 23.5 Å². The van der Waals surface area contributed by atoms with E-state index in [0.717, 1.165) is 13.1 Å². The van der Waals surface area contributed by atoms with Crippen molar-refractivity contribution in [3.8, 4) is 0 Å². The number of rotatable bonds is 3. The van der Waals surface area contributed by atoms with Crippen LogP contribution >= 0.6 is 11.3 Å². The van der Waals surface area contributed by atoms with Crippen molar-refractivity contribution in [3.63, 3.8) is 0 Å². The number of likely N-dealkylation sites (tertiary alicyclic amines) is 1. The van der Waals surface area contributed by atoms with Gasteiger partial charge in [0.2, 0.25) is 0 Å². The van der Waals surface area contributed by atoms with Crippen molar-refractivity contribution in [1.82, 2.24) is 4.90 Å². The summed E-state index contributed by atoms with van der Waals surface area (Å²) in [6.07, 6.45) is 2.42. The Hall–Kier alpha value is -0.380. The third kappa shape index (κ3) is 2.80. The molecule has 0 bridgehead atoms. The van der Waals surface area contributed by atoms with Gasteiger partial charge in [-0.2, -0.15) is 0 Å². The molecule has 1 aromatic rings. The second-order valence-corrected chi connectivity index (χ2v) is 5.45. The molecule has 1 saturated heterocycles. The normalized spacial score (nSPS) is 23.2. The molecule has 0 aromatic carbocycles. The summed E-state index contributed by atoms with van der Waals surface area (Å²) in [5.74, 6) is 0.499. The highest BCUT2D eigenvalue weighted by molar-refractivity contribution is 7.10. The van der Waals surface area contributed by atoms with Gasteiger partial charge in [-0.3, -0.25) is 4.90 Å². The van der Waals surface area contributed by atoms with Crippen molar-refractivity contribution >= 4 is 11.3 Å². The fourth-order valence-corrected chi connectivity index (χ4v) is 3.16. The van der Waals surface area contributed by atoms with E-state index < -0.39 is 0 Å². The van der Waals surface area contributed by atoms with Crippen LogP contribution in [0.15, 0.2) is 11.4 Å². The monoisotopic (exact) mass is 225 g/mol. The van der Waals surface area contributed by atoms with Crippen LogP contribution in [0.1, 0.15) is 23.3 Å². The standard InChI is InChI=1S/C12H19NOS/c1-10-4-6-15-12(10)8-13-5-2-3-11(7-13)9-14/h4,6,11,14H,2-3,5,7-9H2,1H3/t11-/m0/s1. The molecule has 3 heteroatoms. The van der Waals surface area contributed by atoms with Crippen LogP contribution in [-0.4, -0.2) is 29.7 Å². The third-order valence-electron chi connectivity index (χ3n) is 3.20. The molecule has 0 saturated carbocycles. The van der Waals surface area contributed by atoms with Gasteiger partial charge in [-0.15, -0.1) is 11.3 Å². The van der Waals surface area contributed by atoms with Gasteiger partial charge in [0.15, 0.2) is 0 Å². The summed E-state index contributed by atoms with van der Waals surface area (Å²) in [5, 5.41) is 11.3. The summed E-state index contributed by atoms with van der Waals surface area (Å²) in [6, 6.07) is 2.19. The average molecular weight is 225 g/mol. The van der Waals surface area contributed by atoms with Crippen molar-refractivity contribution in [2.24, 2.45) is 5.92 Å². The molecule has 2 rings (SSSR count). The Morgan fingerprint density at radius 1 is 1.60 bits per heavy atom. The average Bonchev–Trinajstić information content (AvgIpc) is 2.65. The van der Waals surface area contributed by atoms with Crippen LogP contribution in [0, 0.1) is 12.8 Å². The Kier molecular flexibility index (Phi) is 3.78. The number of nitrogens with zero attached hydrogens (tertiary/aromatic N) is 1. The molecule has 15 heavy (non-hydrogen) atoms. The van der Waals surface area contributed by atoms with E-state index in [2.05, 4.69) is 23.3 Å². The van der Waals surface area contributed by atoms with Crippen molar-refractivity contribution < 1.29 is 5.11 Å². The molecule has 84 valence electrons. The van der Waals surface area contributed by atoms with Crippen LogP contribution in [0.4, 0.5) is 0 Å². The van der Waals surface area contributed by atoms with Gasteiger partial charge in [-0.1, -0.05) is 0 Å². The molecule has 0 spiro atoms. The van der Waals surface area contributed by atoms with Crippen molar-refractivity contribution in [3.05, 3.63) is 21.9 Å². The fourth-order valence-electron chi connectivity index (χ4n) is 2.21. The minimum Gasteiger partial charge on any atom is -0.396 e. The first-order chi connectivity index (χ1) is 7.29. The van der Waals surface area contributed by atoms with Gasteiger partial charge >= 0.3 is 0 Å². The van der Waals surface area contributed by atoms with Gasteiger partial charge in [0, 0.05) is 24.6 Å². The number of aryl methyl sites for hydroxylation is 1. The van der Waals surface area contributed by atoms with E-state index in [0.29, 0.717) is 12.5 Å². The van der Waals surface area contributed by atoms with Crippen LogP contribution in [0.2, 0.25) is 0 Å². The number of piperidine rings is 1. The summed E-state index contributed by atoms with van der Waals surface area (Å²) < 4.78 is 0. The van der Waals surface area contributed by atoms with Crippen molar-refractivity contribution in [2.45, 2.75) is 26.3 Å². The SMILES string of the molecule is Cc1ccsc1CN1CCC[C@H](CO)C1. The first kappa shape index (κ1) is 11.1. The highest BCUT2D eigenvalue weighted by atomic mass is 32.1. The van der Waals surface area contributed by atoms with E-state index in [1.54, 1.807) is 0 Å². The quantitative estimate of drug-likeness (QED) is 0.853. The van der Waals surface area contributed by atoms with Gasteiger partial charge in [-0.25, -0.2) is 0 Å². The zero-order valence-electron chi connectivity index (χ0n) is 9.28. The van der Waals surface area contributed by atoms with Gasteiger partial charge in [0.05, 0.1) is 0 Å². The lowest BCUT2D eigenvalue weighted by Gasteiger charge is -2.31. The van der Waals surface area contributed by atoms with Gasteiger partial charge in [-0.05, 0) is 49.2 Å². The molecule has 2 nitrogen and oxygen atoms in total. The Morgan fingerprint density at radius 2 is 2.47 bits per heavy atom. The molecule has 1 aliphatic rings. The van der Waals surface area contributed by atoms with E-state index in [9.17, 15) is 0 Å². The van der Waals surface area contributed by atoms with Gasteiger partial charge in [0.1, 0.15) is 0 Å². The van der Waals surface area contributed by atoms with E-state index >= 15 is 0 Å². The summed E-state index contributed by atoms with van der Waals surface area (Å²) in [6.45, 7) is 5.85. The highest BCUT2D eigenvalue weighted by Gasteiger charge is 2.19. The number of thiophene rings is 1. The second kappa shape index (κ2) is 5.10. The van der Waals surface area contributed by atoms with Crippen molar-refractivity contribution in [1.29, 1.82) is 0 Å². The summed E-state index contributed by atoms with van der Waals surface area (Å²) in [4.78, 5) is 3.96. The van der Waals surface area contributed by atoms with Gasteiger partial charge < -0.3 is 5.11 Å². The molecule has 0 aliphatic carbocycles.